The molecular weight excluding hydrogens is 318 g/mol. The lowest BCUT2D eigenvalue weighted by Gasteiger charge is -2.27. The minimum atomic E-state index is -0.525. The number of hydrogen-bond acceptors (Lipinski definition) is 8. The number of imidazole rings is 1. The van der Waals surface area contributed by atoms with Gasteiger partial charge < -0.3 is 30.1 Å². The third-order valence-electron chi connectivity index (χ3n) is 4.04. The second-order valence-electron chi connectivity index (χ2n) is 5.79. The van der Waals surface area contributed by atoms with E-state index in [9.17, 15) is 14.9 Å². The number of carbonyl (C=O) groups excluding carboxylic acids is 1. The Hall–Kier alpha value is -2.04. The largest absolute Gasteiger partial charge is 0.444 e. The van der Waals surface area contributed by atoms with Gasteiger partial charge in [0.2, 0.25) is 0 Å². The van der Waals surface area contributed by atoms with Crippen molar-refractivity contribution in [3.05, 3.63) is 16.3 Å². The Balaban J connectivity index is 0.000000185. The number of aliphatic hydroxyl groups is 1. The van der Waals surface area contributed by atoms with Gasteiger partial charge in [-0.3, -0.25) is 9.47 Å². The molecule has 2 N–H and O–H groups in total. The standard InChI is InChI=1S/C7H10N4O3.C7H13NO2/c1-8-5-2-10-3-6(11(12)13)9-7(10)14-4-5;9-6-5-8-3-1-7(10)2-4-8/h3,5,8H,2,4H2,1H3;6-7,10H,1-5H2. The number of nitro groups is 1. The first-order valence-corrected chi connectivity index (χ1v) is 7.89. The molecule has 1 fully saturated rings. The first-order chi connectivity index (χ1) is 11.5. The molecule has 1 unspecified atom stereocenters. The molecule has 1 aromatic rings. The fraction of sp³-hybridized carbons (Fsp3) is 0.714. The molecule has 10 nitrogen and oxygen atoms in total. The van der Waals surface area contributed by atoms with Crippen LogP contribution in [0.4, 0.5) is 5.82 Å². The molecule has 0 spiro atoms. The molecule has 1 saturated heterocycles. The van der Waals surface area contributed by atoms with Crippen LogP contribution in [0.25, 0.3) is 0 Å². The highest BCUT2D eigenvalue weighted by Crippen LogP contribution is 2.20. The van der Waals surface area contributed by atoms with E-state index in [1.807, 2.05) is 7.05 Å². The Morgan fingerprint density at radius 3 is 2.83 bits per heavy atom. The van der Waals surface area contributed by atoms with Gasteiger partial charge in [-0.25, -0.2) is 0 Å². The van der Waals surface area contributed by atoms with Crippen LogP contribution in [0.2, 0.25) is 0 Å². The summed E-state index contributed by atoms with van der Waals surface area (Å²) in [6, 6.07) is 0.500. The number of aliphatic hydroxyl groups excluding tert-OH is 1. The van der Waals surface area contributed by atoms with E-state index in [0.29, 0.717) is 25.7 Å². The fourth-order valence-corrected chi connectivity index (χ4v) is 2.57. The van der Waals surface area contributed by atoms with Crippen molar-refractivity contribution in [3.8, 4) is 6.01 Å². The summed E-state index contributed by atoms with van der Waals surface area (Å²) < 4.78 is 6.88. The molecule has 1 aromatic heterocycles. The summed E-state index contributed by atoms with van der Waals surface area (Å²) in [4.78, 5) is 25.7. The number of piperidine rings is 1. The van der Waals surface area contributed by atoms with Crippen molar-refractivity contribution in [2.75, 3.05) is 33.3 Å². The zero-order valence-corrected chi connectivity index (χ0v) is 13.6. The first-order valence-electron chi connectivity index (χ1n) is 7.89. The van der Waals surface area contributed by atoms with Crippen LogP contribution in [0.1, 0.15) is 12.8 Å². The normalized spacial score (nSPS) is 21.2. The number of aldehydes is 1. The van der Waals surface area contributed by atoms with Gasteiger partial charge in [0, 0.05) is 24.6 Å². The van der Waals surface area contributed by atoms with Gasteiger partial charge in [-0.05, 0) is 24.8 Å². The molecular formula is C14H23N5O5. The number of fused-ring (bicyclic) bond motifs is 1. The molecule has 0 saturated carbocycles. The van der Waals surface area contributed by atoms with Gasteiger partial charge in [-0.1, -0.05) is 0 Å². The third kappa shape index (κ3) is 4.98. The maximum absolute atomic E-state index is 10.4. The number of likely N-dealkylation sites (tertiary alicyclic amines) is 1. The maximum atomic E-state index is 10.4. The monoisotopic (exact) mass is 341 g/mol. The number of rotatable bonds is 4. The maximum Gasteiger partial charge on any atom is 0.414 e. The highest BCUT2D eigenvalue weighted by Gasteiger charge is 2.26. The van der Waals surface area contributed by atoms with E-state index >= 15 is 0 Å². The van der Waals surface area contributed by atoms with Crippen molar-refractivity contribution in [3.63, 3.8) is 0 Å². The lowest BCUT2D eigenvalue weighted by atomic mass is 10.1. The highest BCUT2D eigenvalue weighted by molar-refractivity contribution is 5.51. The molecule has 0 radical (unpaired) electrons. The van der Waals surface area contributed by atoms with Crippen LogP contribution in [-0.2, 0) is 11.3 Å². The molecule has 10 heteroatoms. The number of nitrogens with one attached hydrogen (secondary N) is 1. The summed E-state index contributed by atoms with van der Waals surface area (Å²) in [5.74, 6) is -0.170. The lowest BCUT2D eigenvalue weighted by molar-refractivity contribution is -0.389. The number of ether oxygens (including phenoxy) is 1. The predicted octanol–water partition coefficient (Wildman–Crippen LogP) is -0.586. The number of likely N-dealkylation sites (N-methyl/N-ethyl adjacent to an activating group) is 1. The van der Waals surface area contributed by atoms with Crippen LogP contribution in [0.3, 0.4) is 0 Å². The summed E-state index contributed by atoms with van der Waals surface area (Å²) >= 11 is 0. The molecule has 0 amide bonds. The molecule has 0 aromatic carbocycles. The number of aromatic nitrogens is 2. The predicted molar refractivity (Wildman–Crippen MR) is 85.0 cm³/mol. The van der Waals surface area contributed by atoms with Crippen LogP contribution in [0, 0.1) is 10.1 Å². The van der Waals surface area contributed by atoms with E-state index in [4.69, 9.17) is 9.84 Å². The van der Waals surface area contributed by atoms with E-state index in [1.54, 1.807) is 4.57 Å². The molecule has 2 aliphatic rings. The summed E-state index contributed by atoms with van der Waals surface area (Å²) in [5.41, 5.74) is 0. The van der Waals surface area contributed by atoms with Crippen molar-refractivity contribution in [2.45, 2.75) is 31.5 Å². The zero-order chi connectivity index (χ0) is 17.5. The Morgan fingerprint density at radius 2 is 2.25 bits per heavy atom. The van der Waals surface area contributed by atoms with Crippen LogP contribution in [-0.4, -0.2) is 76.2 Å². The molecule has 2 aliphatic heterocycles. The van der Waals surface area contributed by atoms with Gasteiger partial charge >= 0.3 is 11.8 Å². The van der Waals surface area contributed by atoms with Crippen LogP contribution in [0.15, 0.2) is 6.20 Å². The quantitative estimate of drug-likeness (QED) is 0.423. The van der Waals surface area contributed by atoms with Crippen molar-refractivity contribution in [1.82, 2.24) is 19.8 Å². The van der Waals surface area contributed by atoms with E-state index in [2.05, 4.69) is 15.2 Å². The smallest absolute Gasteiger partial charge is 0.414 e. The van der Waals surface area contributed by atoms with Crippen molar-refractivity contribution < 1.29 is 19.6 Å². The first kappa shape index (κ1) is 18.3. The average Bonchev–Trinajstić information content (AvgIpc) is 3.01. The van der Waals surface area contributed by atoms with Gasteiger partial charge in [0.05, 0.1) is 18.7 Å². The van der Waals surface area contributed by atoms with Gasteiger partial charge in [0.15, 0.2) is 0 Å². The zero-order valence-electron chi connectivity index (χ0n) is 13.6. The molecule has 0 bridgehead atoms. The van der Waals surface area contributed by atoms with Crippen molar-refractivity contribution >= 4 is 12.1 Å². The second kappa shape index (κ2) is 8.71. The minimum absolute atomic E-state index is 0.136. The minimum Gasteiger partial charge on any atom is -0.444 e. The van der Waals surface area contributed by atoms with E-state index < -0.39 is 4.92 Å². The van der Waals surface area contributed by atoms with Crippen LogP contribution in [0.5, 0.6) is 6.01 Å². The molecule has 3 heterocycles. The van der Waals surface area contributed by atoms with Crippen LogP contribution < -0.4 is 10.1 Å². The van der Waals surface area contributed by atoms with Gasteiger partial charge in [-0.2, -0.15) is 0 Å². The summed E-state index contributed by atoms with van der Waals surface area (Å²) in [6.07, 6.45) is 3.79. The molecule has 1 atom stereocenters. The van der Waals surface area contributed by atoms with E-state index in [-0.39, 0.29) is 18.0 Å². The van der Waals surface area contributed by atoms with Crippen molar-refractivity contribution in [2.24, 2.45) is 0 Å². The lowest BCUT2D eigenvalue weighted by Crippen LogP contribution is -2.39. The summed E-state index contributed by atoms with van der Waals surface area (Å²) in [5, 5.41) is 22.5. The Bertz CT molecular complexity index is 556. The van der Waals surface area contributed by atoms with E-state index in [0.717, 1.165) is 32.2 Å². The number of hydrogen-bond donors (Lipinski definition) is 2. The number of carbonyl (C=O) groups is 1. The molecule has 3 rings (SSSR count). The molecule has 0 aliphatic carbocycles. The van der Waals surface area contributed by atoms with Gasteiger partial charge in [0.25, 0.3) is 0 Å². The van der Waals surface area contributed by atoms with E-state index in [1.165, 1.54) is 6.20 Å². The molecule has 24 heavy (non-hydrogen) atoms. The highest BCUT2D eigenvalue weighted by atomic mass is 16.6. The van der Waals surface area contributed by atoms with Crippen LogP contribution >= 0.6 is 0 Å². The number of nitrogens with zero attached hydrogens (tertiary/aromatic N) is 4. The fourth-order valence-electron chi connectivity index (χ4n) is 2.57. The summed E-state index contributed by atoms with van der Waals surface area (Å²) in [7, 11) is 1.82. The second-order valence-corrected chi connectivity index (χ2v) is 5.79. The average molecular weight is 341 g/mol. The topological polar surface area (TPSA) is 123 Å². The van der Waals surface area contributed by atoms with Crippen molar-refractivity contribution in [1.29, 1.82) is 0 Å². The van der Waals surface area contributed by atoms with Gasteiger partial charge in [-0.15, -0.1) is 0 Å². The molecule has 134 valence electrons. The Kier molecular flexibility index (Phi) is 6.64. The SMILES string of the molecule is CNC1COc2nc([N+](=O)[O-])cn2C1.O=CCN1CCC(O)CC1. The third-order valence-corrected chi connectivity index (χ3v) is 4.04. The van der Waals surface area contributed by atoms with Gasteiger partial charge in [0.1, 0.15) is 19.1 Å². The summed E-state index contributed by atoms with van der Waals surface area (Å²) in [6.45, 7) is 3.38. The Labute approximate surface area is 139 Å². The Morgan fingerprint density at radius 1 is 1.54 bits per heavy atom.